The van der Waals surface area contributed by atoms with E-state index < -0.39 is 0 Å². The fourth-order valence-corrected chi connectivity index (χ4v) is 3.49. The van der Waals surface area contributed by atoms with Crippen LogP contribution in [0.15, 0.2) is 27.1 Å². The van der Waals surface area contributed by atoms with Crippen LogP contribution in [0, 0.1) is 5.92 Å². The predicted molar refractivity (Wildman–Crippen MR) is 81.7 cm³/mol. The first-order chi connectivity index (χ1) is 8.75. The van der Waals surface area contributed by atoms with Gasteiger partial charge in [-0.05, 0) is 68.3 Å². The highest BCUT2D eigenvalue weighted by Gasteiger charge is 2.36. The second-order valence-electron chi connectivity index (χ2n) is 5.24. The fourth-order valence-electron chi connectivity index (χ4n) is 2.85. The van der Waals surface area contributed by atoms with E-state index in [0.29, 0.717) is 6.04 Å². The number of benzene rings is 1. The maximum atomic E-state index is 3.63. The number of halogens is 2. The molecule has 0 radical (unpaired) electrons. The van der Waals surface area contributed by atoms with E-state index in [1.54, 1.807) is 0 Å². The second kappa shape index (κ2) is 5.61. The van der Waals surface area contributed by atoms with E-state index in [0.717, 1.165) is 23.5 Å². The molecule has 1 saturated heterocycles. The van der Waals surface area contributed by atoms with Crippen molar-refractivity contribution in [2.45, 2.75) is 18.9 Å². The summed E-state index contributed by atoms with van der Waals surface area (Å²) >= 11 is 7.19. The Hall–Kier alpha value is 0.1000. The van der Waals surface area contributed by atoms with Crippen molar-refractivity contribution in [1.29, 1.82) is 0 Å². The highest BCUT2D eigenvalue weighted by Crippen LogP contribution is 2.45. The van der Waals surface area contributed by atoms with E-state index >= 15 is 0 Å². The van der Waals surface area contributed by atoms with Gasteiger partial charge in [-0.3, -0.25) is 4.90 Å². The third-order valence-corrected chi connectivity index (χ3v) is 5.78. The highest BCUT2D eigenvalue weighted by atomic mass is 79.9. The molecule has 4 heteroatoms. The zero-order chi connectivity index (χ0) is 12.5. The first kappa shape index (κ1) is 13.1. The van der Waals surface area contributed by atoms with Gasteiger partial charge < -0.3 is 5.32 Å². The van der Waals surface area contributed by atoms with Gasteiger partial charge in [0.25, 0.3) is 0 Å². The van der Waals surface area contributed by atoms with Gasteiger partial charge in [0.05, 0.1) is 0 Å². The van der Waals surface area contributed by atoms with E-state index in [9.17, 15) is 0 Å². The molecule has 1 N–H and O–H groups in total. The molecule has 1 aliphatic carbocycles. The molecule has 1 heterocycles. The smallest absolute Gasteiger partial charge is 0.0377 e. The lowest BCUT2D eigenvalue weighted by Gasteiger charge is -2.35. The van der Waals surface area contributed by atoms with Gasteiger partial charge in [0.2, 0.25) is 0 Å². The van der Waals surface area contributed by atoms with Gasteiger partial charge in [0, 0.05) is 41.2 Å². The number of nitrogens with zero attached hydrogens (tertiary/aromatic N) is 1. The summed E-state index contributed by atoms with van der Waals surface area (Å²) in [6, 6.07) is 7.35. The van der Waals surface area contributed by atoms with Crippen LogP contribution >= 0.6 is 31.9 Å². The molecule has 0 bridgehead atoms. The Labute approximate surface area is 125 Å². The Morgan fingerprint density at radius 3 is 2.44 bits per heavy atom. The molecule has 18 heavy (non-hydrogen) atoms. The largest absolute Gasteiger partial charge is 0.314 e. The van der Waals surface area contributed by atoms with Crippen LogP contribution in [0.1, 0.15) is 24.4 Å². The first-order valence-corrected chi connectivity index (χ1v) is 8.24. The molecule has 0 spiro atoms. The van der Waals surface area contributed by atoms with E-state index in [4.69, 9.17) is 0 Å². The van der Waals surface area contributed by atoms with Crippen molar-refractivity contribution >= 4 is 31.9 Å². The third kappa shape index (κ3) is 2.82. The standard InChI is InChI=1S/C14H18Br2N2/c15-12-4-3-11(9-13(12)16)14(10-1-2-10)18-7-5-17-6-8-18/h3-4,9-10,14,17H,1-2,5-8H2/t14-/m1/s1. The topological polar surface area (TPSA) is 15.3 Å². The lowest BCUT2D eigenvalue weighted by molar-refractivity contribution is 0.156. The van der Waals surface area contributed by atoms with Gasteiger partial charge in [-0.2, -0.15) is 0 Å². The molecule has 98 valence electrons. The summed E-state index contributed by atoms with van der Waals surface area (Å²) < 4.78 is 2.31. The second-order valence-corrected chi connectivity index (χ2v) is 6.95. The minimum Gasteiger partial charge on any atom is -0.314 e. The van der Waals surface area contributed by atoms with Gasteiger partial charge in [-0.1, -0.05) is 6.07 Å². The molecule has 1 aliphatic heterocycles. The number of hydrogen-bond acceptors (Lipinski definition) is 2. The first-order valence-electron chi connectivity index (χ1n) is 6.65. The van der Waals surface area contributed by atoms with Gasteiger partial charge in [0.15, 0.2) is 0 Å². The van der Waals surface area contributed by atoms with E-state index in [-0.39, 0.29) is 0 Å². The molecule has 0 aromatic heterocycles. The Morgan fingerprint density at radius 2 is 1.83 bits per heavy atom. The molecule has 2 fully saturated rings. The van der Waals surface area contributed by atoms with Gasteiger partial charge in [-0.15, -0.1) is 0 Å². The summed E-state index contributed by atoms with van der Waals surface area (Å²) in [6.45, 7) is 4.60. The summed E-state index contributed by atoms with van der Waals surface area (Å²) in [7, 11) is 0. The summed E-state index contributed by atoms with van der Waals surface area (Å²) in [5, 5.41) is 3.44. The molecule has 3 rings (SSSR count). The minimum absolute atomic E-state index is 0.622. The zero-order valence-electron chi connectivity index (χ0n) is 10.3. The fraction of sp³-hybridized carbons (Fsp3) is 0.571. The molecule has 2 nitrogen and oxygen atoms in total. The van der Waals surface area contributed by atoms with Crippen LogP contribution in [0.3, 0.4) is 0 Å². The number of rotatable bonds is 3. The van der Waals surface area contributed by atoms with Crippen LogP contribution in [-0.4, -0.2) is 31.1 Å². The van der Waals surface area contributed by atoms with Crippen molar-refractivity contribution in [3.05, 3.63) is 32.7 Å². The summed E-state index contributed by atoms with van der Waals surface area (Å²) in [6.07, 6.45) is 2.78. The number of hydrogen-bond donors (Lipinski definition) is 1. The molecule has 2 aliphatic rings. The highest BCUT2D eigenvalue weighted by molar-refractivity contribution is 9.13. The third-order valence-electron chi connectivity index (χ3n) is 3.90. The molecule has 0 unspecified atom stereocenters. The van der Waals surface area contributed by atoms with Crippen molar-refractivity contribution < 1.29 is 0 Å². The lowest BCUT2D eigenvalue weighted by atomic mass is 10.00. The van der Waals surface area contributed by atoms with E-state index in [1.165, 1.54) is 36.0 Å². The van der Waals surface area contributed by atoms with Crippen molar-refractivity contribution in [2.24, 2.45) is 5.92 Å². The Balaban J connectivity index is 1.85. The number of nitrogens with one attached hydrogen (secondary N) is 1. The quantitative estimate of drug-likeness (QED) is 0.871. The molecule has 1 aromatic rings. The molecular formula is C14H18Br2N2. The summed E-state index contributed by atoms with van der Waals surface area (Å²) in [5.74, 6) is 0.871. The SMILES string of the molecule is Brc1ccc([C@@H](C2CC2)N2CCNCC2)cc1Br. The van der Waals surface area contributed by atoms with Crippen LogP contribution in [-0.2, 0) is 0 Å². The minimum atomic E-state index is 0.622. The van der Waals surface area contributed by atoms with Crippen molar-refractivity contribution in [3.63, 3.8) is 0 Å². The molecule has 1 saturated carbocycles. The van der Waals surface area contributed by atoms with Crippen LogP contribution < -0.4 is 5.32 Å². The van der Waals surface area contributed by atoms with Crippen molar-refractivity contribution in [1.82, 2.24) is 10.2 Å². The van der Waals surface area contributed by atoms with E-state index in [1.807, 2.05) is 0 Å². The monoisotopic (exact) mass is 372 g/mol. The van der Waals surface area contributed by atoms with Gasteiger partial charge >= 0.3 is 0 Å². The summed E-state index contributed by atoms with van der Waals surface area (Å²) in [4.78, 5) is 2.66. The zero-order valence-corrected chi connectivity index (χ0v) is 13.5. The Bertz CT molecular complexity index is 426. The summed E-state index contributed by atoms with van der Waals surface area (Å²) in [5.41, 5.74) is 1.47. The van der Waals surface area contributed by atoms with Gasteiger partial charge in [0.1, 0.15) is 0 Å². The lowest BCUT2D eigenvalue weighted by Crippen LogP contribution is -2.45. The molecule has 1 aromatic carbocycles. The van der Waals surface area contributed by atoms with Crippen LogP contribution in [0.5, 0.6) is 0 Å². The molecule has 0 amide bonds. The maximum Gasteiger partial charge on any atom is 0.0377 e. The number of piperazine rings is 1. The normalized spacial score (nSPS) is 23.0. The Morgan fingerprint density at radius 1 is 1.11 bits per heavy atom. The maximum absolute atomic E-state index is 3.63. The predicted octanol–water partition coefficient (Wildman–Crippen LogP) is 3.57. The average Bonchev–Trinajstić information content (AvgIpc) is 3.20. The van der Waals surface area contributed by atoms with E-state index in [2.05, 4.69) is 60.3 Å². The van der Waals surface area contributed by atoms with Gasteiger partial charge in [-0.25, -0.2) is 0 Å². The Kier molecular flexibility index (Phi) is 4.09. The van der Waals surface area contributed by atoms with Crippen LogP contribution in [0.25, 0.3) is 0 Å². The van der Waals surface area contributed by atoms with Crippen molar-refractivity contribution in [3.8, 4) is 0 Å². The van der Waals surface area contributed by atoms with Crippen molar-refractivity contribution in [2.75, 3.05) is 26.2 Å². The van der Waals surface area contributed by atoms with Crippen LogP contribution in [0.2, 0.25) is 0 Å². The average molecular weight is 374 g/mol. The molecular weight excluding hydrogens is 356 g/mol. The molecule has 1 atom stereocenters. The van der Waals surface area contributed by atoms with Crippen LogP contribution in [0.4, 0.5) is 0 Å².